The van der Waals surface area contributed by atoms with Gasteiger partial charge in [-0.1, -0.05) is 11.6 Å². The second-order valence-corrected chi connectivity index (χ2v) is 8.43. The molecule has 0 aromatic carbocycles. The van der Waals surface area contributed by atoms with Crippen LogP contribution in [-0.2, 0) is 14.8 Å². The van der Waals surface area contributed by atoms with Crippen LogP contribution in [0.3, 0.4) is 0 Å². The van der Waals surface area contributed by atoms with Gasteiger partial charge in [0.05, 0.1) is 17.6 Å². The van der Waals surface area contributed by atoms with E-state index in [0.29, 0.717) is 11.3 Å². The molecule has 0 aliphatic carbocycles. The topological polar surface area (TPSA) is 116 Å². The van der Waals surface area contributed by atoms with Gasteiger partial charge in [0.15, 0.2) is 4.34 Å². The van der Waals surface area contributed by atoms with Crippen LogP contribution in [0, 0.1) is 10.1 Å². The van der Waals surface area contributed by atoms with Gasteiger partial charge in [0, 0.05) is 25.2 Å². The monoisotopic (exact) mass is 355 g/mol. The molecular weight excluding hydrogens is 342 g/mol. The lowest BCUT2D eigenvalue weighted by Crippen LogP contribution is -2.51. The van der Waals surface area contributed by atoms with Gasteiger partial charge in [0.2, 0.25) is 0 Å². The fraction of sp³-hybridized carbons (Fsp3) is 0.600. The maximum atomic E-state index is 12.5. The summed E-state index contributed by atoms with van der Waals surface area (Å²) >= 11 is 6.39. The van der Waals surface area contributed by atoms with Crippen LogP contribution in [-0.4, -0.2) is 49.5 Å². The third-order valence-electron chi connectivity index (χ3n) is 3.08. The lowest BCUT2D eigenvalue weighted by Gasteiger charge is -2.33. The van der Waals surface area contributed by atoms with Gasteiger partial charge in [-0.2, -0.15) is 4.31 Å². The van der Waals surface area contributed by atoms with E-state index in [1.165, 1.54) is 4.31 Å². The molecule has 2 unspecified atom stereocenters. The summed E-state index contributed by atoms with van der Waals surface area (Å²) in [6.07, 6.45) is -0.404. The van der Waals surface area contributed by atoms with Crippen molar-refractivity contribution in [1.29, 1.82) is 0 Å². The molecule has 2 N–H and O–H groups in total. The molecule has 11 heteroatoms. The highest BCUT2D eigenvalue weighted by atomic mass is 35.5. The maximum absolute atomic E-state index is 12.5. The first-order valence-corrected chi connectivity index (χ1v) is 8.68. The van der Waals surface area contributed by atoms with Gasteiger partial charge in [0.25, 0.3) is 15.7 Å². The Morgan fingerprint density at radius 3 is 2.86 bits per heavy atom. The number of hydrogen-bond acceptors (Lipinski definition) is 7. The highest BCUT2D eigenvalue weighted by Crippen LogP contribution is 2.37. The summed E-state index contributed by atoms with van der Waals surface area (Å²) in [5, 5.41) is 10.8. The van der Waals surface area contributed by atoms with Crippen molar-refractivity contribution in [2.75, 3.05) is 19.7 Å². The molecule has 1 aliphatic heterocycles. The summed E-state index contributed by atoms with van der Waals surface area (Å²) in [6.45, 7) is 2.25. The number of sulfonamides is 1. The van der Waals surface area contributed by atoms with Crippen LogP contribution in [0.2, 0.25) is 4.34 Å². The largest absolute Gasteiger partial charge is 0.374 e. The van der Waals surface area contributed by atoms with Crippen LogP contribution < -0.4 is 5.73 Å². The fourth-order valence-corrected chi connectivity index (χ4v) is 5.16. The van der Waals surface area contributed by atoms with Gasteiger partial charge in [-0.05, 0) is 6.92 Å². The van der Waals surface area contributed by atoms with Crippen LogP contribution in [0.4, 0.5) is 5.69 Å². The molecule has 1 aliphatic rings. The molecule has 8 nitrogen and oxygen atoms in total. The Labute approximate surface area is 130 Å². The zero-order valence-corrected chi connectivity index (χ0v) is 13.4. The number of nitro groups is 1. The Kier molecular flexibility index (Phi) is 4.85. The normalized spacial score (nSPS) is 22.1. The Hall–Kier alpha value is -0.780. The van der Waals surface area contributed by atoms with Crippen molar-refractivity contribution in [3.63, 3.8) is 0 Å². The first-order chi connectivity index (χ1) is 9.73. The van der Waals surface area contributed by atoms with Crippen molar-refractivity contribution in [3.8, 4) is 0 Å². The maximum Gasteiger partial charge on any atom is 0.300 e. The Morgan fingerprint density at radius 1 is 1.67 bits per heavy atom. The quantitative estimate of drug-likeness (QED) is 0.637. The average molecular weight is 356 g/mol. The number of halogens is 1. The van der Waals surface area contributed by atoms with E-state index in [2.05, 4.69) is 0 Å². The highest BCUT2D eigenvalue weighted by Gasteiger charge is 2.35. The number of hydrogen-bond donors (Lipinski definition) is 1. The van der Waals surface area contributed by atoms with Gasteiger partial charge in [0.1, 0.15) is 4.21 Å². The summed E-state index contributed by atoms with van der Waals surface area (Å²) in [4.78, 5) is 10.1. The lowest BCUT2D eigenvalue weighted by atomic mass is 10.2. The lowest BCUT2D eigenvalue weighted by molar-refractivity contribution is -0.384. The van der Waals surface area contributed by atoms with Crippen molar-refractivity contribution >= 4 is 38.6 Å². The standard InChI is InChI=1S/C10H14ClN3O5S2/c1-6(12)8-5-13(2-3-19-8)21(17,18)9-4-7(14(15)16)10(11)20-9/h4,6,8H,2-3,5,12H2,1H3. The van der Waals surface area contributed by atoms with Crippen LogP contribution in [0.25, 0.3) is 0 Å². The first-order valence-electron chi connectivity index (χ1n) is 6.04. The zero-order chi connectivity index (χ0) is 15.8. The number of morpholine rings is 1. The molecule has 0 spiro atoms. The van der Waals surface area contributed by atoms with E-state index in [1.54, 1.807) is 6.92 Å². The van der Waals surface area contributed by atoms with Crippen molar-refractivity contribution in [1.82, 2.24) is 4.31 Å². The van der Waals surface area contributed by atoms with Gasteiger partial charge >= 0.3 is 0 Å². The molecule has 118 valence electrons. The van der Waals surface area contributed by atoms with E-state index in [4.69, 9.17) is 22.1 Å². The van der Waals surface area contributed by atoms with Gasteiger partial charge in [-0.25, -0.2) is 8.42 Å². The van der Waals surface area contributed by atoms with E-state index in [0.717, 1.165) is 6.07 Å². The minimum absolute atomic E-state index is 0.114. The van der Waals surface area contributed by atoms with Crippen molar-refractivity contribution in [2.24, 2.45) is 5.73 Å². The molecule has 0 saturated carbocycles. The minimum atomic E-state index is -3.84. The molecule has 1 fully saturated rings. The molecule has 1 aromatic rings. The van der Waals surface area contributed by atoms with Gasteiger partial charge in [-0.15, -0.1) is 11.3 Å². The molecule has 1 aromatic heterocycles. The minimum Gasteiger partial charge on any atom is -0.374 e. The molecule has 2 heterocycles. The number of rotatable bonds is 4. The van der Waals surface area contributed by atoms with Crippen LogP contribution in [0.15, 0.2) is 10.3 Å². The molecular formula is C10H14ClN3O5S2. The predicted octanol–water partition coefficient (Wildman–Crippen LogP) is 1.05. The highest BCUT2D eigenvalue weighted by molar-refractivity contribution is 7.91. The zero-order valence-electron chi connectivity index (χ0n) is 11.1. The van der Waals surface area contributed by atoms with E-state index >= 15 is 0 Å². The third kappa shape index (κ3) is 3.35. The third-order valence-corrected chi connectivity index (χ3v) is 6.73. The summed E-state index contributed by atoms with van der Waals surface area (Å²) < 4.78 is 31.3. The number of nitrogens with two attached hydrogens (primary N) is 1. The van der Waals surface area contributed by atoms with Crippen molar-refractivity contribution < 1.29 is 18.1 Å². The summed E-state index contributed by atoms with van der Waals surface area (Å²) in [6, 6.07) is 0.669. The summed E-state index contributed by atoms with van der Waals surface area (Å²) in [5.41, 5.74) is 5.32. The first kappa shape index (κ1) is 16.6. The number of nitrogens with zero attached hydrogens (tertiary/aromatic N) is 2. The van der Waals surface area contributed by atoms with E-state index in [9.17, 15) is 18.5 Å². The second kappa shape index (κ2) is 6.15. The second-order valence-electron chi connectivity index (χ2n) is 4.61. The fourth-order valence-electron chi connectivity index (χ4n) is 1.90. The van der Waals surface area contributed by atoms with Crippen molar-refractivity contribution in [3.05, 3.63) is 20.5 Å². The molecule has 2 rings (SSSR count). The van der Waals surface area contributed by atoms with E-state index in [-0.39, 0.29) is 34.3 Å². The Bertz CT molecular complexity index is 645. The Balaban J connectivity index is 2.29. The number of thiophene rings is 1. The SMILES string of the molecule is CC(N)C1CN(S(=O)(=O)c2cc([N+](=O)[O-])c(Cl)s2)CCO1. The predicted molar refractivity (Wildman–Crippen MR) is 78.1 cm³/mol. The van der Waals surface area contributed by atoms with E-state index in [1.807, 2.05) is 0 Å². The number of ether oxygens (including phenoxy) is 1. The molecule has 0 radical (unpaired) electrons. The average Bonchev–Trinajstić information content (AvgIpc) is 2.82. The molecule has 1 saturated heterocycles. The Morgan fingerprint density at radius 2 is 2.33 bits per heavy atom. The molecule has 21 heavy (non-hydrogen) atoms. The summed E-state index contributed by atoms with van der Waals surface area (Å²) in [5.74, 6) is 0. The van der Waals surface area contributed by atoms with Crippen molar-refractivity contribution in [2.45, 2.75) is 23.3 Å². The molecule has 0 bridgehead atoms. The van der Waals surface area contributed by atoms with Gasteiger partial charge in [-0.3, -0.25) is 10.1 Å². The van der Waals surface area contributed by atoms with Crippen LogP contribution in [0.5, 0.6) is 0 Å². The molecule has 0 amide bonds. The van der Waals surface area contributed by atoms with E-state index < -0.39 is 26.7 Å². The smallest absolute Gasteiger partial charge is 0.300 e. The molecule has 2 atom stereocenters. The van der Waals surface area contributed by atoms with Crippen LogP contribution >= 0.6 is 22.9 Å². The van der Waals surface area contributed by atoms with Crippen LogP contribution in [0.1, 0.15) is 6.92 Å². The summed E-state index contributed by atoms with van der Waals surface area (Å²) in [7, 11) is -3.84. The van der Waals surface area contributed by atoms with Gasteiger partial charge < -0.3 is 10.5 Å².